The molecule has 0 radical (unpaired) electrons. The molecule has 3 rings (SSSR count). The van der Waals surface area contributed by atoms with E-state index in [-0.39, 0.29) is 24.4 Å². The first-order chi connectivity index (χ1) is 15.5. The van der Waals surface area contributed by atoms with Crippen molar-refractivity contribution in [2.45, 2.75) is 13.0 Å². The number of anilines is 2. The molecule has 3 aromatic carbocycles. The summed E-state index contributed by atoms with van der Waals surface area (Å²) in [5, 5.41) is 8.83. The zero-order valence-corrected chi connectivity index (χ0v) is 18.3. The molecule has 0 saturated heterocycles. The van der Waals surface area contributed by atoms with Gasteiger partial charge in [-0.25, -0.2) is 0 Å². The molecule has 1 unspecified atom stereocenters. The Balaban J connectivity index is 1.53. The Morgan fingerprint density at radius 2 is 1.62 bits per heavy atom. The molecule has 166 valence electrons. The Hall–Kier alpha value is -4.00. The second-order valence-corrected chi connectivity index (χ2v) is 7.15. The maximum absolute atomic E-state index is 12.5. The largest absolute Gasteiger partial charge is 0.497 e. The number of carbonyl (C=O) groups is 2. The van der Waals surface area contributed by atoms with E-state index in [1.807, 2.05) is 37.3 Å². The van der Waals surface area contributed by atoms with Crippen LogP contribution in [0.2, 0.25) is 0 Å². The summed E-state index contributed by atoms with van der Waals surface area (Å²) in [6.45, 7) is 2.00. The van der Waals surface area contributed by atoms with Crippen molar-refractivity contribution in [3.05, 3.63) is 83.9 Å². The first-order valence-electron chi connectivity index (χ1n) is 10.2. The molecule has 1 atom stereocenters. The van der Waals surface area contributed by atoms with E-state index in [0.717, 1.165) is 11.3 Å². The highest BCUT2D eigenvalue weighted by Gasteiger charge is 2.12. The maximum Gasteiger partial charge on any atom is 0.251 e. The van der Waals surface area contributed by atoms with E-state index >= 15 is 0 Å². The molecule has 0 aliphatic rings. The van der Waals surface area contributed by atoms with E-state index in [1.165, 1.54) is 7.11 Å². The quantitative estimate of drug-likeness (QED) is 0.470. The molecule has 0 saturated carbocycles. The number of rotatable bonds is 9. The minimum absolute atomic E-state index is 0.0525. The summed E-state index contributed by atoms with van der Waals surface area (Å²) in [5.41, 5.74) is 2.84. The van der Waals surface area contributed by atoms with Gasteiger partial charge in [0.25, 0.3) is 5.91 Å². The van der Waals surface area contributed by atoms with Gasteiger partial charge in [-0.15, -0.1) is 0 Å². The lowest BCUT2D eigenvalue weighted by atomic mass is 10.1. The molecular formula is C25H27N3O4. The Kier molecular flexibility index (Phi) is 7.70. The summed E-state index contributed by atoms with van der Waals surface area (Å²) < 4.78 is 10.5. The molecule has 7 heteroatoms. The Labute approximate surface area is 187 Å². The lowest BCUT2D eigenvalue weighted by Crippen LogP contribution is -2.26. The number of benzene rings is 3. The van der Waals surface area contributed by atoms with Gasteiger partial charge in [-0.3, -0.25) is 9.59 Å². The molecule has 0 fully saturated rings. The summed E-state index contributed by atoms with van der Waals surface area (Å²) in [5.74, 6) is 0.759. The maximum atomic E-state index is 12.5. The zero-order chi connectivity index (χ0) is 22.9. The standard InChI is InChI=1S/C25H27N3O4/c1-17(18-7-5-4-6-8-18)27-25(30)19-9-11-20(12-10-19)26-16-24(29)28-22-15-21(31-2)13-14-23(22)32-3/h4-15,17,26H,16H2,1-3H3,(H,27,30)(H,28,29). The minimum Gasteiger partial charge on any atom is -0.497 e. The Morgan fingerprint density at radius 1 is 0.906 bits per heavy atom. The fourth-order valence-corrected chi connectivity index (χ4v) is 3.13. The van der Waals surface area contributed by atoms with Crippen molar-refractivity contribution in [2.75, 3.05) is 31.4 Å². The third kappa shape index (κ3) is 6.01. The number of hydrogen-bond donors (Lipinski definition) is 3. The van der Waals surface area contributed by atoms with Crippen LogP contribution in [-0.4, -0.2) is 32.6 Å². The molecule has 3 aromatic rings. The number of amides is 2. The van der Waals surface area contributed by atoms with E-state index < -0.39 is 0 Å². The summed E-state index contributed by atoms with van der Waals surface area (Å²) in [6.07, 6.45) is 0. The first-order valence-corrected chi connectivity index (χ1v) is 10.2. The molecule has 7 nitrogen and oxygen atoms in total. The second-order valence-electron chi connectivity index (χ2n) is 7.15. The smallest absolute Gasteiger partial charge is 0.251 e. The topological polar surface area (TPSA) is 88.7 Å². The van der Waals surface area contributed by atoms with Crippen LogP contribution in [0.25, 0.3) is 0 Å². The van der Waals surface area contributed by atoms with Crippen LogP contribution in [0.1, 0.15) is 28.9 Å². The fourth-order valence-electron chi connectivity index (χ4n) is 3.13. The highest BCUT2D eigenvalue weighted by atomic mass is 16.5. The van der Waals surface area contributed by atoms with Crippen LogP contribution >= 0.6 is 0 Å². The van der Waals surface area contributed by atoms with Gasteiger partial charge in [-0.1, -0.05) is 30.3 Å². The molecule has 0 spiro atoms. The molecule has 3 N–H and O–H groups in total. The molecule has 0 aromatic heterocycles. The van der Waals surface area contributed by atoms with Gasteiger partial charge in [0.1, 0.15) is 11.5 Å². The van der Waals surface area contributed by atoms with Gasteiger partial charge in [-0.05, 0) is 48.9 Å². The van der Waals surface area contributed by atoms with E-state index in [4.69, 9.17) is 9.47 Å². The van der Waals surface area contributed by atoms with Gasteiger partial charge in [0, 0.05) is 17.3 Å². The van der Waals surface area contributed by atoms with Crippen LogP contribution in [0.15, 0.2) is 72.8 Å². The summed E-state index contributed by atoms with van der Waals surface area (Å²) in [6, 6.07) is 21.8. The van der Waals surface area contributed by atoms with Crippen molar-refractivity contribution in [2.24, 2.45) is 0 Å². The van der Waals surface area contributed by atoms with Gasteiger partial charge >= 0.3 is 0 Å². The van der Waals surface area contributed by atoms with Gasteiger partial charge < -0.3 is 25.4 Å². The Bertz CT molecular complexity index is 1050. The van der Waals surface area contributed by atoms with Crippen molar-refractivity contribution in [1.82, 2.24) is 5.32 Å². The van der Waals surface area contributed by atoms with Crippen molar-refractivity contribution < 1.29 is 19.1 Å². The fraction of sp³-hybridized carbons (Fsp3) is 0.200. The molecule has 0 aliphatic heterocycles. The average Bonchev–Trinajstić information content (AvgIpc) is 2.83. The van der Waals surface area contributed by atoms with Crippen LogP contribution in [0.4, 0.5) is 11.4 Å². The zero-order valence-electron chi connectivity index (χ0n) is 18.3. The third-order valence-electron chi connectivity index (χ3n) is 4.93. The van der Waals surface area contributed by atoms with Gasteiger partial charge in [-0.2, -0.15) is 0 Å². The van der Waals surface area contributed by atoms with E-state index in [0.29, 0.717) is 22.7 Å². The summed E-state index contributed by atoms with van der Waals surface area (Å²) in [7, 11) is 3.09. The van der Waals surface area contributed by atoms with Crippen molar-refractivity contribution in [1.29, 1.82) is 0 Å². The third-order valence-corrected chi connectivity index (χ3v) is 4.93. The van der Waals surface area contributed by atoms with Crippen LogP contribution in [-0.2, 0) is 4.79 Å². The highest BCUT2D eigenvalue weighted by Crippen LogP contribution is 2.28. The monoisotopic (exact) mass is 433 g/mol. The Morgan fingerprint density at radius 3 is 2.28 bits per heavy atom. The number of nitrogens with one attached hydrogen (secondary N) is 3. The van der Waals surface area contributed by atoms with E-state index in [2.05, 4.69) is 16.0 Å². The lowest BCUT2D eigenvalue weighted by Gasteiger charge is -2.15. The van der Waals surface area contributed by atoms with Crippen LogP contribution < -0.4 is 25.4 Å². The molecule has 0 bridgehead atoms. The normalized spacial score (nSPS) is 11.2. The van der Waals surface area contributed by atoms with Crippen LogP contribution in [0.3, 0.4) is 0 Å². The van der Waals surface area contributed by atoms with Crippen LogP contribution in [0, 0.1) is 0 Å². The molecule has 32 heavy (non-hydrogen) atoms. The predicted molar refractivity (Wildman–Crippen MR) is 125 cm³/mol. The number of methoxy groups -OCH3 is 2. The minimum atomic E-state index is -0.241. The first kappa shape index (κ1) is 22.7. The highest BCUT2D eigenvalue weighted by molar-refractivity contribution is 5.96. The average molecular weight is 434 g/mol. The summed E-state index contributed by atoms with van der Waals surface area (Å²) >= 11 is 0. The molecule has 0 heterocycles. The van der Waals surface area contributed by atoms with Crippen molar-refractivity contribution in [3.8, 4) is 11.5 Å². The van der Waals surface area contributed by atoms with Gasteiger partial charge in [0.15, 0.2) is 0 Å². The van der Waals surface area contributed by atoms with E-state index in [9.17, 15) is 9.59 Å². The molecule has 2 amide bonds. The van der Waals surface area contributed by atoms with Gasteiger partial charge in [0.2, 0.25) is 5.91 Å². The number of carbonyl (C=O) groups excluding carboxylic acids is 2. The predicted octanol–water partition coefficient (Wildman–Crippen LogP) is 4.25. The van der Waals surface area contributed by atoms with Gasteiger partial charge in [0.05, 0.1) is 32.5 Å². The number of hydrogen-bond acceptors (Lipinski definition) is 5. The van der Waals surface area contributed by atoms with Crippen molar-refractivity contribution >= 4 is 23.2 Å². The summed E-state index contributed by atoms with van der Waals surface area (Å²) in [4.78, 5) is 24.9. The molecular weight excluding hydrogens is 406 g/mol. The van der Waals surface area contributed by atoms with Crippen LogP contribution in [0.5, 0.6) is 11.5 Å². The van der Waals surface area contributed by atoms with E-state index in [1.54, 1.807) is 49.6 Å². The lowest BCUT2D eigenvalue weighted by molar-refractivity contribution is -0.114. The SMILES string of the molecule is COc1ccc(OC)c(NC(=O)CNc2ccc(C(=O)NC(C)c3ccccc3)cc2)c1. The molecule has 0 aliphatic carbocycles. The second kappa shape index (κ2) is 10.9. The van der Waals surface area contributed by atoms with Crippen molar-refractivity contribution in [3.63, 3.8) is 0 Å². The number of ether oxygens (including phenoxy) is 2.